The number of hydrogen-bond acceptors (Lipinski definition) is 9. The Morgan fingerprint density at radius 1 is 0.780 bits per heavy atom. The van der Waals surface area contributed by atoms with E-state index < -0.39 is 77.6 Å². The molecule has 0 bridgehead atoms. The van der Waals surface area contributed by atoms with Crippen molar-refractivity contribution in [3.05, 3.63) is 77.9 Å². The number of alkyl carbamates (subject to hydrolysis) is 1. The third-order valence-corrected chi connectivity index (χ3v) is 9.50. The van der Waals surface area contributed by atoms with Gasteiger partial charge < -0.3 is 46.5 Å². The van der Waals surface area contributed by atoms with Gasteiger partial charge in [0, 0.05) is 19.4 Å². The zero-order valence-electron chi connectivity index (χ0n) is 35.0. The highest BCUT2D eigenvalue weighted by atomic mass is 16.6. The minimum absolute atomic E-state index is 0.0569. The van der Waals surface area contributed by atoms with E-state index in [0.29, 0.717) is 43.5 Å². The van der Waals surface area contributed by atoms with Gasteiger partial charge in [0.25, 0.3) is 0 Å². The summed E-state index contributed by atoms with van der Waals surface area (Å²) in [7, 11) is 0. The average molecular weight is 817 g/mol. The molecule has 3 aromatic carbocycles. The fourth-order valence-electron chi connectivity index (χ4n) is 6.83. The molecule has 4 atom stereocenters. The van der Waals surface area contributed by atoms with Crippen LogP contribution in [0.15, 0.2) is 66.7 Å². The number of unbranched alkanes of at least 4 members (excludes halogenated alkanes) is 1. The zero-order chi connectivity index (χ0) is 43.3. The fourth-order valence-corrected chi connectivity index (χ4v) is 6.83. The molecule has 1 fully saturated rings. The first-order chi connectivity index (χ1) is 27.8. The van der Waals surface area contributed by atoms with Crippen LogP contribution in [0.1, 0.15) is 84.8 Å². The Morgan fingerprint density at radius 2 is 1.41 bits per heavy atom. The fraction of sp³-hybridized carbons (Fsp3) is 0.500. The number of ether oxygens (including phenoxy) is 2. The van der Waals surface area contributed by atoms with Gasteiger partial charge in [-0.25, -0.2) is 4.79 Å². The van der Waals surface area contributed by atoms with Gasteiger partial charge in [0.05, 0.1) is 0 Å². The first-order valence-electron chi connectivity index (χ1n) is 20.2. The molecule has 1 aliphatic heterocycles. The standard InChI is InChI=1S/C44H60N6O9/c1-43(2,3)58-32-20-17-28(18-21-32)25-34(49-42(57)59-44(4,5)6)39(54)47-33(14-9-10-22-45)38(53)48-35(26-29-16-19-30-12-7-8-13-31(30)24-29)41(56)50-23-11-15-36(50)40(55)46-27-37(51)52/h7-8,12-13,16-21,24,33-36H,9-11,14-15,22-23,25-27,45H2,1-6H3,(H,46,55)(H,47,54)(H,48,53)(H,49,57)(H,51,52)/t33-,34+,35+,36-/m1/s1. The summed E-state index contributed by atoms with van der Waals surface area (Å²) in [6.07, 6.45) is 1.33. The second-order valence-corrected chi connectivity index (χ2v) is 16.9. The molecular formula is C44H60N6O9. The number of likely N-dealkylation sites (tertiary alicyclic amines) is 1. The average Bonchev–Trinajstić information content (AvgIpc) is 3.65. The Labute approximate surface area is 346 Å². The lowest BCUT2D eigenvalue weighted by Gasteiger charge is -2.30. The van der Waals surface area contributed by atoms with Crippen LogP contribution in [0.3, 0.4) is 0 Å². The molecule has 0 aliphatic carbocycles. The van der Waals surface area contributed by atoms with Crippen LogP contribution in [0.5, 0.6) is 5.75 Å². The number of rotatable bonds is 18. The predicted molar refractivity (Wildman–Crippen MR) is 223 cm³/mol. The monoisotopic (exact) mass is 816 g/mol. The molecule has 0 unspecified atom stereocenters. The molecule has 3 aromatic rings. The summed E-state index contributed by atoms with van der Waals surface area (Å²) in [5.74, 6) is -2.99. The molecule has 0 spiro atoms. The van der Waals surface area contributed by atoms with Crippen LogP contribution in [0.4, 0.5) is 4.79 Å². The van der Waals surface area contributed by atoms with Crippen molar-refractivity contribution in [3.63, 3.8) is 0 Å². The quantitative estimate of drug-likeness (QED) is 0.102. The Morgan fingerprint density at radius 3 is 2.05 bits per heavy atom. The number of hydrogen-bond donors (Lipinski definition) is 6. The summed E-state index contributed by atoms with van der Waals surface area (Å²) in [6, 6.07) is 16.2. The second kappa shape index (κ2) is 20.8. The van der Waals surface area contributed by atoms with Crippen LogP contribution >= 0.6 is 0 Å². The number of benzene rings is 3. The summed E-state index contributed by atoms with van der Waals surface area (Å²) in [5, 5.41) is 21.8. The first-order valence-corrected chi connectivity index (χ1v) is 20.2. The van der Waals surface area contributed by atoms with E-state index in [1.165, 1.54) is 4.90 Å². The Kier molecular flexibility index (Phi) is 16.2. The normalized spacial score (nSPS) is 15.7. The highest BCUT2D eigenvalue weighted by molar-refractivity contribution is 5.96. The minimum atomic E-state index is -1.22. The second-order valence-electron chi connectivity index (χ2n) is 16.9. The van der Waals surface area contributed by atoms with Crippen LogP contribution in [-0.2, 0) is 41.6 Å². The number of carboxylic acid groups (broad SMARTS) is 1. The van der Waals surface area contributed by atoms with E-state index in [1.807, 2.05) is 63.2 Å². The molecule has 0 radical (unpaired) electrons. The van der Waals surface area contributed by atoms with E-state index in [-0.39, 0.29) is 25.8 Å². The number of nitrogens with zero attached hydrogens (tertiary/aromatic N) is 1. The van der Waals surface area contributed by atoms with Crippen molar-refractivity contribution in [2.24, 2.45) is 5.73 Å². The topological polar surface area (TPSA) is 218 Å². The summed E-state index contributed by atoms with van der Waals surface area (Å²) >= 11 is 0. The lowest BCUT2D eigenvalue weighted by Crippen LogP contribution is -2.59. The van der Waals surface area contributed by atoms with Crippen molar-refractivity contribution >= 4 is 46.5 Å². The number of carbonyl (C=O) groups is 6. The number of amides is 5. The number of carboxylic acids is 1. The molecule has 5 amide bonds. The third-order valence-electron chi connectivity index (χ3n) is 9.50. The van der Waals surface area contributed by atoms with E-state index >= 15 is 0 Å². The molecule has 1 heterocycles. The molecular weight excluding hydrogens is 757 g/mol. The maximum Gasteiger partial charge on any atom is 0.408 e. The van der Waals surface area contributed by atoms with Gasteiger partial charge >= 0.3 is 12.1 Å². The first kappa shape index (κ1) is 46.0. The van der Waals surface area contributed by atoms with E-state index in [2.05, 4.69) is 21.3 Å². The number of aliphatic carboxylic acids is 1. The Balaban J connectivity index is 1.62. The van der Waals surface area contributed by atoms with Gasteiger partial charge in [0.2, 0.25) is 23.6 Å². The van der Waals surface area contributed by atoms with Crippen LogP contribution in [0, 0.1) is 0 Å². The molecule has 1 aliphatic rings. The molecule has 7 N–H and O–H groups in total. The van der Waals surface area contributed by atoms with E-state index in [9.17, 15) is 28.8 Å². The van der Waals surface area contributed by atoms with Crippen molar-refractivity contribution in [2.75, 3.05) is 19.6 Å². The van der Waals surface area contributed by atoms with E-state index in [4.69, 9.17) is 20.3 Å². The summed E-state index contributed by atoms with van der Waals surface area (Å²) in [4.78, 5) is 81.5. The molecule has 4 rings (SSSR count). The number of carbonyl (C=O) groups excluding carboxylic acids is 5. The smallest absolute Gasteiger partial charge is 0.408 e. The van der Waals surface area contributed by atoms with Gasteiger partial charge in [-0.05, 0) is 114 Å². The van der Waals surface area contributed by atoms with Gasteiger partial charge in [-0.3, -0.25) is 24.0 Å². The third kappa shape index (κ3) is 14.9. The molecule has 59 heavy (non-hydrogen) atoms. The molecule has 320 valence electrons. The minimum Gasteiger partial charge on any atom is -0.488 e. The molecule has 0 saturated carbocycles. The van der Waals surface area contributed by atoms with Gasteiger partial charge in [-0.2, -0.15) is 0 Å². The van der Waals surface area contributed by atoms with Crippen LogP contribution in [0.25, 0.3) is 10.8 Å². The lowest BCUT2D eigenvalue weighted by molar-refractivity contribution is -0.143. The lowest BCUT2D eigenvalue weighted by atomic mass is 9.99. The predicted octanol–water partition coefficient (Wildman–Crippen LogP) is 3.99. The van der Waals surface area contributed by atoms with Crippen molar-refractivity contribution in [2.45, 2.75) is 122 Å². The van der Waals surface area contributed by atoms with Crippen molar-refractivity contribution in [1.29, 1.82) is 0 Å². The van der Waals surface area contributed by atoms with Gasteiger partial charge in [0.1, 0.15) is 47.7 Å². The SMILES string of the molecule is CC(C)(C)OC(=O)N[C@@H](Cc1ccc(OC(C)(C)C)cc1)C(=O)N[C@H](CCCCN)C(=O)N[C@@H](Cc1ccc2ccccc2c1)C(=O)N1CCC[C@@H]1C(=O)NCC(=O)O. The van der Waals surface area contributed by atoms with E-state index in [0.717, 1.165) is 16.3 Å². The largest absolute Gasteiger partial charge is 0.488 e. The van der Waals surface area contributed by atoms with Gasteiger partial charge in [-0.1, -0.05) is 54.6 Å². The molecule has 15 nitrogen and oxygen atoms in total. The van der Waals surface area contributed by atoms with Crippen molar-refractivity contribution in [3.8, 4) is 5.75 Å². The van der Waals surface area contributed by atoms with Crippen LogP contribution < -0.4 is 31.7 Å². The summed E-state index contributed by atoms with van der Waals surface area (Å²) in [6.45, 7) is 10.9. The Hall–Kier alpha value is -5.70. The number of fused-ring (bicyclic) bond motifs is 1. The molecule has 15 heteroatoms. The maximum absolute atomic E-state index is 14.4. The highest BCUT2D eigenvalue weighted by Crippen LogP contribution is 2.23. The molecule has 1 saturated heterocycles. The molecule has 0 aromatic heterocycles. The van der Waals surface area contributed by atoms with Crippen molar-refractivity contribution in [1.82, 2.24) is 26.2 Å². The van der Waals surface area contributed by atoms with Gasteiger partial charge in [0.15, 0.2) is 0 Å². The highest BCUT2D eigenvalue weighted by Gasteiger charge is 2.39. The van der Waals surface area contributed by atoms with Crippen molar-refractivity contribution < 1.29 is 43.3 Å². The van der Waals surface area contributed by atoms with Gasteiger partial charge in [-0.15, -0.1) is 0 Å². The van der Waals surface area contributed by atoms with Crippen LogP contribution in [-0.4, -0.2) is 101 Å². The Bertz CT molecular complexity index is 1940. The maximum atomic E-state index is 14.4. The van der Waals surface area contributed by atoms with E-state index in [1.54, 1.807) is 45.0 Å². The number of nitrogens with one attached hydrogen (secondary N) is 4. The van der Waals surface area contributed by atoms with Crippen LogP contribution in [0.2, 0.25) is 0 Å². The zero-order valence-corrected chi connectivity index (χ0v) is 35.0. The summed E-state index contributed by atoms with van der Waals surface area (Å²) in [5.41, 5.74) is 5.98. The summed E-state index contributed by atoms with van der Waals surface area (Å²) < 4.78 is 11.4. The number of nitrogens with two attached hydrogens (primary N) is 1.